The van der Waals surface area contributed by atoms with Crippen molar-refractivity contribution in [2.24, 2.45) is 0 Å². The maximum Gasteiger partial charge on any atom is 0.264 e. The molecule has 0 spiro atoms. The number of carbonyl (C=O) groups is 2. The molecule has 0 fully saturated rings. The third kappa shape index (κ3) is 7.60. The Morgan fingerprint density at radius 1 is 0.949 bits per heavy atom. The quantitative estimate of drug-likeness (QED) is 0.399. The number of nitrogens with one attached hydrogen (secondary N) is 1. The van der Waals surface area contributed by atoms with E-state index in [9.17, 15) is 18.0 Å². The smallest absolute Gasteiger partial charge is 0.264 e. The standard InChI is InChI=1S/C30H37N3O5S/c1-22-13-12-14-24(19-22)20-32(23(2)29(35)31-30(3,4)5)28(34)21-33(26-17-10-11-18-27(26)38-6)39(36,37)25-15-8-7-9-16-25/h7-19,23H,20-21H2,1-6H3,(H,31,35)/t23-/m1/s1. The molecule has 3 rings (SSSR count). The molecule has 8 nitrogen and oxygen atoms in total. The zero-order valence-electron chi connectivity index (χ0n) is 23.3. The van der Waals surface area contributed by atoms with Crippen LogP contribution in [0.3, 0.4) is 0 Å². The van der Waals surface area contributed by atoms with E-state index in [0.717, 1.165) is 15.4 Å². The lowest BCUT2D eigenvalue weighted by molar-refractivity contribution is -0.140. The van der Waals surface area contributed by atoms with Crippen molar-refractivity contribution in [1.29, 1.82) is 0 Å². The van der Waals surface area contributed by atoms with Gasteiger partial charge < -0.3 is 15.0 Å². The molecule has 0 aliphatic heterocycles. The number of methoxy groups -OCH3 is 1. The third-order valence-electron chi connectivity index (χ3n) is 6.06. The Hall–Kier alpha value is -3.85. The molecular weight excluding hydrogens is 514 g/mol. The average Bonchev–Trinajstić information content (AvgIpc) is 2.89. The van der Waals surface area contributed by atoms with Crippen molar-refractivity contribution < 1.29 is 22.7 Å². The van der Waals surface area contributed by atoms with Crippen molar-refractivity contribution in [2.75, 3.05) is 18.0 Å². The molecule has 1 N–H and O–H groups in total. The van der Waals surface area contributed by atoms with E-state index in [2.05, 4.69) is 5.32 Å². The van der Waals surface area contributed by atoms with Crippen molar-refractivity contribution >= 4 is 27.5 Å². The summed E-state index contributed by atoms with van der Waals surface area (Å²) in [6.45, 7) is 8.77. The first-order chi connectivity index (χ1) is 18.3. The lowest BCUT2D eigenvalue weighted by Gasteiger charge is -2.33. The van der Waals surface area contributed by atoms with E-state index in [-0.39, 0.29) is 23.0 Å². The molecule has 9 heteroatoms. The van der Waals surface area contributed by atoms with E-state index in [1.54, 1.807) is 49.4 Å². The van der Waals surface area contributed by atoms with Gasteiger partial charge in [-0.2, -0.15) is 0 Å². The minimum absolute atomic E-state index is 0.0347. The van der Waals surface area contributed by atoms with Gasteiger partial charge in [0.15, 0.2) is 0 Å². The molecule has 0 aromatic heterocycles. The fraction of sp³-hybridized carbons (Fsp3) is 0.333. The molecule has 2 amide bonds. The number of benzene rings is 3. The number of rotatable bonds is 10. The van der Waals surface area contributed by atoms with Crippen LogP contribution in [0.25, 0.3) is 0 Å². The molecule has 0 saturated heterocycles. The third-order valence-corrected chi connectivity index (χ3v) is 7.84. The summed E-state index contributed by atoms with van der Waals surface area (Å²) in [5.41, 5.74) is 1.55. The van der Waals surface area contributed by atoms with Crippen molar-refractivity contribution in [3.05, 3.63) is 90.0 Å². The normalized spacial score (nSPS) is 12.4. The number of sulfonamides is 1. The van der Waals surface area contributed by atoms with Gasteiger partial charge in [0, 0.05) is 12.1 Å². The summed E-state index contributed by atoms with van der Waals surface area (Å²) in [6, 6.07) is 21.3. The van der Waals surface area contributed by atoms with Crippen LogP contribution in [0.4, 0.5) is 5.69 Å². The van der Waals surface area contributed by atoms with E-state index < -0.39 is 34.1 Å². The minimum atomic E-state index is -4.16. The summed E-state index contributed by atoms with van der Waals surface area (Å²) in [5, 5.41) is 2.93. The summed E-state index contributed by atoms with van der Waals surface area (Å²) in [5.74, 6) is -0.565. The summed E-state index contributed by atoms with van der Waals surface area (Å²) in [4.78, 5) is 28.6. The van der Waals surface area contributed by atoms with Crippen molar-refractivity contribution in [1.82, 2.24) is 10.2 Å². The maximum absolute atomic E-state index is 14.0. The van der Waals surface area contributed by atoms with Crippen LogP contribution in [0.15, 0.2) is 83.8 Å². The van der Waals surface area contributed by atoms with Gasteiger partial charge in [-0.25, -0.2) is 8.42 Å². The number of carbonyl (C=O) groups excluding carboxylic acids is 2. The second kappa shape index (κ2) is 12.3. The highest BCUT2D eigenvalue weighted by molar-refractivity contribution is 7.92. The van der Waals surface area contributed by atoms with Crippen molar-refractivity contribution in [3.8, 4) is 5.75 Å². The van der Waals surface area contributed by atoms with Gasteiger partial charge in [0.25, 0.3) is 10.0 Å². The van der Waals surface area contributed by atoms with Crippen LogP contribution in [0.5, 0.6) is 5.75 Å². The largest absolute Gasteiger partial charge is 0.495 e. The first-order valence-corrected chi connectivity index (χ1v) is 14.2. The molecule has 0 aliphatic carbocycles. The van der Waals surface area contributed by atoms with Crippen LogP contribution in [0.2, 0.25) is 0 Å². The van der Waals surface area contributed by atoms with E-state index in [1.165, 1.54) is 24.1 Å². The lowest BCUT2D eigenvalue weighted by atomic mass is 10.1. The van der Waals surface area contributed by atoms with Gasteiger partial charge in [0.05, 0.1) is 17.7 Å². The van der Waals surface area contributed by atoms with E-state index in [0.29, 0.717) is 5.75 Å². The number of hydrogen-bond acceptors (Lipinski definition) is 5. The zero-order chi connectivity index (χ0) is 28.8. The predicted molar refractivity (Wildman–Crippen MR) is 153 cm³/mol. The average molecular weight is 552 g/mol. The number of hydrogen-bond donors (Lipinski definition) is 1. The number of ether oxygens (including phenoxy) is 1. The molecule has 208 valence electrons. The van der Waals surface area contributed by atoms with Gasteiger partial charge >= 0.3 is 0 Å². The SMILES string of the molecule is COc1ccccc1N(CC(=O)N(Cc1cccc(C)c1)[C@H](C)C(=O)NC(C)(C)C)S(=O)(=O)c1ccccc1. The Balaban J connectivity index is 2.07. The summed E-state index contributed by atoms with van der Waals surface area (Å²) >= 11 is 0. The molecule has 0 bridgehead atoms. The van der Waals surface area contributed by atoms with Crippen molar-refractivity contribution in [2.45, 2.75) is 57.6 Å². The fourth-order valence-corrected chi connectivity index (χ4v) is 5.58. The van der Waals surface area contributed by atoms with Crippen LogP contribution in [0, 0.1) is 6.92 Å². The Labute approximate surface area is 231 Å². The van der Waals surface area contributed by atoms with Gasteiger partial charge in [-0.3, -0.25) is 13.9 Å². The second-order valence-corrected chi connectivity index (χ2v) is 12.3. The first kappa shape index (κ1) is 29.7. The van der Waals surface area contributed by atoms with Gasteiger partial charge in [-0.1, -0.05) is 60.2 Å². The number of anilines is 1. The lowest BCUT2D eigenvalue weighted by Crippen LogP contribution is -2.54. The molecule has 3 aromatic rings. The van der Waals surface area contributed by atoms with Crippen LogP contribution < -0.4 is 14.4 Å². The molecule has 1 atom stereocenters. The molecule has 0 unspecified atom stereocenters. The van der Waals surface area contributed by atoms with Gasteiger partial charge in [-0.15, -0.1) is 0 Å². The molecule has 3 aromatic carbocycles. The Kier molecular flexibility index (Phi) is 9.40. The monoisotopic (exact) mass is 551 g/mol. The van der Waals surface area contributed by atoms with Crippen molar-refractivity contribution in [3.63, 3.8) is 0 Å². The topological polar surface area (TPSA) is 96.0 Å². The van der Waals surface area contributed by atoms with E-state index in [1.807, 2.05) is 52.0 Å². The van der Waals surface area contributed by atoms with E-state index >= 15 is 0 Å². The fourth-order valence-electron chi connectivity index (χ4n) is 4.13. The highest BCUT2D eigenvalue weighted by Crippen LogP contribution is 2.32. The number of aryl methyl sites for hydroxylation is 1. The second-order valence-electron chi connectivity index (χ2n) is 10.4. The number of nitrogens with zero attached hydrogens (tertiary/aromatic N) is 2. The van der Waals surface area contributed by atoms with Gasteiger partial charge in [-0.05, 0) is 64.4 Å². The number of para-hydroxylation sites is 2. The predicted octanol–water partition coefficient (Wildman–Crippen LogP) is 4.53. The molecule has 0 radical (unpaired) electrons. The van der Waals surface area contributed by atoms with Gasteiger partial charge in [0.1, 0.15) is 18.3 Å². The molecule has 0 aliphatic rings. The summed E-state index contributed by atoms with van der Waals surface area (Å²) < 4.78 is 34.2. The molecule has 39 heavy (non-hydrogen) atoms. The number of amides is 2. The van der Waals surface area contributed by atoms with Crippen LogP contribution in [-0.2, 0) is 26.2 Å². The summed E-state index contributed by atoms with van der Waals surface area (Å²) in [6.07, 6.45) is 0. The van der Waals surface area contributed by atoms with Crippen LogP contribution >= 0.6 is 0 Å². The van der Waals surface area contributed by atoms with Crippen LogP contribution in [0.1, 0.15) is 38.8 Å². The Morgan fingerprint density at radius 3 is 2.21 bits per heavy atom. The summed E-state index contributed by atoms with van der Waals surface area (Å²) in [7, 11) is -2.72. The molecule has 0 heterocycles. The minimum Gasteiger partial charge on any atom is -0.495 e. The Bertz CT molecular complexity index is 1400. The Morgan fingerprint density at radius 2 is 1.59 bits per heavy atom. The zero-order valence-corrected chi connectivity index (χ0v) is 24.2. The van der Waals surface area contributed by atoms with E-state index in [4.69, 9.17) is 4.74 Å². The first-order valence-electron chi connectivity index (χ1n) is 12.7. The maximum atomic E-state index is 14.0. The molecular formula is C30H37N3O5S. The molecule has 0 saturated carbocycles. The highest BCUT2D eigenvalue weighted by Gasteiger charge is 2.34. The highest BCUT2D eigenvalue weighted by atomic mass is 32.2. The van der Waals surface area contributed by atoms with Gasteiger partial charge in [0.2, 0.25) is 11.8 Å². The van der Waals surface area contributed by atoms with Crippen LogP contribution in [-0.4, -0.2) is 50.4 Å².